The molecule has 1 N–H and O–H groups in total. The first kappa shape index (κ1) is 20.8. The van der Waals surface area contributed by atoms with E-state index in [9.17, 15) is 23.1 Å². The van der Waals surface area contributed by atoms with E-state index >= 15 is 0 Å². The largest absolute Gasteiger partial charge is 0.481 e. The monoisotopic (exact) mass is 441 g/mol. The Hall–Kier alpha value is -2.45. The minimum atomic E-state index is -4.52. The maximum atomic E-state index is 13.4. The number of piperidine rings is 1. The van der Waals surface area contributed by atoms with E-state index in [0.717, 1.165) is 12.1 Å². The van der Waals surface area contributed by atoms with Gasteiger partial charge in [0.1, 0.15) is 0 Å². The molecule has 5 nitrogen and oxygen atoms in total. The third-order valence-corrected chi connectivity index (χ3v) is 5.84. The van der Waals surface area contributed by atoms with Crippen LogP contribution in [0.5, 0.6) is 11.5 Å². The molecule has 1 saturated heterocycles. The van der Waals surface area contributed by atoms with E-state index in [1.165, 1.54) is 6.07 Å². The number of likely N-dealkylation sites (tertiary alicyclic amines) is 1. The van der Waals surface area contributed by atoms with E-state index in [0.29, 0.717) is 36.4 Å². The van der Waals surface area contributed by atoms with Gasteiger partial charge < -0.3 is 14.6 Å². The number of benzene rings is 2. The molecule has 9 heteroatoms. The Kier molecular flexibility index (Phi) is 5.55. The minimum Gasteiger partial charge on any atom is -0.481 e. The van der Waals surface area contributed by atoms with Gasteiger partial charge in [-0.2, -0.15) is 13.2 Å². The van der Waals surface area contributed by atoms with E-state index in [4.69, 9.17) is 21.1 Å². The fourth-order valence-electron chi connectivity index (χ4n) is 4.04. The van der Waals surface area contributed by atoms with Crippen molar-refractivity contribution in [2.75, 3.05) is 19.9 Å². The molecule has 0 aromatic heterocycles. The lowest BCUT2D eigenvalue weighted by Gasteiger charge is -2.38. The third kappa shape index (κ3) is 4.06. The molecule has 0 spiro atoms. The average Bonchev–Trinajstić information content (AvgIpc) is 3.17. The lowest BCUT2D eigenvalue weighted by molar-refractivity contribution is -0.143. The molecule has 2 aromatic rings. The van der Waals surface area contributed by atoms with E-state index in [2.05, 4.69) is 0 Å². The number of carboxylic acids is 1. The van der Waals surface area contributed by atoms with Crippen LogP contribution < -0.4 is 9.47 Å². The van der Waals surface area contributed by atoms with Gasteiger partial charge in [-0.25, -0.2) is 0 Å². The zero-order chi connectivity index (χ0) is 21.5. The second kappa shape index (κ2) is 8.00. The Morgan fingerprint density at radius 2 is 1.93 bits per heavy atom. The van der Waals surface area contributed by atoms with Crippen LogP contribution in [-0.2, 0) is 11.0 Å². The molecule has 2 aliphatic rings. The van der Waals surface area contributed by atoms with Crippen LogP contribution in [0, 0.1) is 5.92 Å². The molecule has 2 heterocycles. The number of carbonyl (C=O) groups is 1. The van der Waals surface area contributed by atoms with Crippen molar-refractivity contribution in [3.05, 3.63) is 58.1 Å². The molecule has 2 aliphatic heterocycles. The number of hydrogen-bond acceptors (Lipinski definition) is 4. The number of aliphatic carboxylic acids is 1. The van der Waals surface area contributed by atoms with E-state index in [1.807, 2.05) is 4.90 Å². The Labute approximate surface area is 176 Å². The lowest BCUT2D eigenvalue weighted by atomic mass is 9.90. The predicted molar refractivity (Wildman–Crippen MR) is 103 cm³/mol. The normalized spacial score (nSPS) is 20.2. The van der Waals surface area contributed by atoms with E-state index < -0.39 is 29.7 Å². The van der Waals surface area contributed by atoms with Crippen LogP contribution in [0.15, 0.2) is 36.4 Å². The van der Waals surface area contributed by atoms with Gasteiger partial charge in [-0.3, -0.25) is 9.69 Å². The van der Waals surface area contributed by atoms with E-state index in [-0.39, 0.29) is 23.9 Å². The van der Waals surface area contributed by atoms with Gasteiger partial charge in [0, 0.05) is 11.6 Å². The number of rotatable bonds is 4. The van der Waals surface area contributed by atoms with Crippen molar-refractivity contribution in [3.8, 4) is 11.5 Å². The molecular weight excluding hydrogens is 423 g/mol. The van der Waals surface area contributed by atoms with Crippen molar-refractivity contribution < 1.29 is 32.5 Å². The van der Waals surface area contributed by atoms with Gasteiger partial charge in [0.2, 0.25) is 6.79 Å². The summed E-state index contributed by atoms with van der Waals surface area (Å²) in [6.07, 6.45) is -3.38. The van der Waals surface area contributed by atoms with Gasteiger partial charge in [0.05, 0.1) is 17.5 Å². The number of nitrogens with zero attached hydrogens (tertiary/aromatic N) is 1. The van der Waals surface area contributed by atoms with Crippen molar-refractivity contribution in [1.29, 1.82) is 0 Å². The van der Waals surface area contributed by atoms with Crippen LogP contribution in [0.3, 0.4) is 0 Å². The second-order valence-electron chi connectivity index (χ2n) is 7.42. The molecule has 1 fully saturated rings. The van der Waals surface area contributed by atoms with Crippen LogP contribution in [0.2, 0.25) is 5.02 Å². The van der Waals surface area contributed by atoms with Gasteiger partial charge in [-0.05, 0) is 60.8 Å². The van der Waals surface area contributed by atoms with Crippen LogP contribution in [0.1, 0.15) is 35.6 Å². The highest BCUT2D eigenvalue weighted by Crippen LogP contribution is 2.42. The molecule has 0 bridgehead atoms. The van der Waals surface area contributed by atoms with Gasteiger partial charge in [-0.1, -0.05) is 17.7 Å². The first-order chi connectivity index (χ1) is 14.2. The summed E-state index contributed by atoms with van der Waals surface area (Å²) in [5, 5.41) is 9.66. The van der Waals surface area contributed by atoms with Gasteiger partial charge in [-0.15, -0.1) is 0 Å². The Morgan fingerprint density at radius 3 is 2.67 bits per heavy atom. The summed E-state index contributed by atoms with van der Waals surface area (Å²) in [6, 6.07) is 7.73. The first-order valence-corrected chi connectivity index (χ1v) is 9.85. The van der Waals surface area contributed by atoms with Crippen molar-refractivity contribution in [2.24, 2.45) is 5.92 Å². The van der Waals surface area contributed by atoms with Gasteiger partial charge in [0.15, 0.2) is 11.5 Å². The molecule has 0 aliphatic carbocycles. The molecule has 2 atom stereocenters. The molecule has 2 aromatic carbocycles. The number of carboxylic acid groups (broad SMARTS) is 1. The fourth-order valence-corrected chi connectivity index (χ4v) is 4.26. The average molecular weight is 442 g/mol. The zero-order valence-corrected chi connectivity index (χ0v) is 16.5. The van der Waals surface area contributed by atoms with E-state index in [1.54, 1.807) is 18.2 Å². The molecule has 0 amide bonds. The topological polar surface area (TPSA) is 59.0 Å². The fraction of sp³-hybridized carbons (Fsp3) is 0.381. The SMILES string of the molecule is O=C(O)C1CCCN(C(c2ccc3c(c2)OCO3)c2cc(C(F)(F)F)ccc2Cl)C1. The summed E-state index contributed by atoms with van der Waals surface area (Å²) in [4.78, 5) is 13.4. The highest BCUT2D eigenvalue weighted by atomic mass is 35.5. The molecule has 4 rings (SSSR count). The quantitative estimate of drug-likeness (QED) is 0.725. The number of hydrogen-bond donors (Lipinski definition) is 1. The summed E-state index contributed by atoms with van der Waals surface area (Å²) in [5.74, 6) is -0.471. The van der Waals surface area contributed by atoms with Crippen molar-refractivity contribution in [2.45, 2.75) is 25.1 Å². The molecular formula is C21H19ClF3NO4. The standard InChI is InChI=1S/C21H19ClF3NO4/c22-16-5-4-14(21(23,24)25)9-15(16)19(26-7-1-2-13(10-26)20(27)28)12-3-6-17-18(8-12)30-11-29-17/h3-6,8-9,13,19H,1-2,7,10-11H2,(H,27,28). The van der Waals surface area contributed by atoms with Gasteiger partial charge >= 0.3 is 12.1 Å². The molecule has 0 saturated carbocycles. The van der Waals surface area contributed by atoms with Crippen molar-refractivity contribution >= 4 is 17.6 Å². The van der Waals surface area contributed by atoms with Crippen LogP contribution in [0.25, 0.3) is 0 Å². The first-order valence-electron chi connectivity index (χ1n) is 9.47. The smallest absolute Gasteiger partial charge is 0.416 e. The maximum absolute atomic E-state index is 13.4. The number of alkyl halides is 3. The second-order valence-corrected chi connectivity index (χ2v) is 7.83. The highest BCUT2D eigenvalue weighted by molar-refractivity contribution is 6.31. The Bertz CT molecular complexity index is 966. The van der Waals surface area contributed by atoms with Crippen molar-refractivity contribution in [3.63, 3.8) is 0 Å². The number of fused-ring (bicyclic) bond motifs is 1. The number of halogens is 4. The van der Waals surface area contributed by atoms with Gasteiger partial charge in [0.25, 0.3) is 0 Å². The summed E-state index contributed by atoms with van der Waals surface area (Å²) in [7, 11) is 0. The molecule has 30 heavy (non-hydrogen) atoms. The maximum Gasteiger partial charge on any atom is 0.416 e. The summed E-state index contributed by atoms with van der Waals surface area (Å²) in [6.45, 7) is 0.815. The molecule has 2 unspecified atom stereocenters. The predicted octanol–water partition coefficient (Wildman–Crippen LogP) is 4.97. The Balaban J connectivity index is 1.81. The Morgan fingerprint density at radius 1 is 1.17 bits per heavy atom. The summed E-state index contributed by atoms with van der Waals surface area (Å²) >= 11 is 6.36. The lowest BCUT2D eigenvalue weighted by Crippen LogP contribution is -2.41. The minimum absolute atomic E-state index is 0.0680. The zero-order valence-electron chi connectivity index (χ0n) is 15.8. The van der Waals surface area contributed by atoms with Crippen LogP contribution in [-0.4, -0.2) is 35.9 Å². The highest BCUT2D eigenvalue weighted by Gasteiger charge is 2.36. The van der Waals surface area contributed by atoms with Crippen molar-refractivity contribution in [1.82, 2.24) is 4.90 Å². The summed E-state index contributed by atoms with van der Waals surface area (Å²) in [5.41, 5.74) is 0.127. The van der Waals surface area contributed by atoms with Crippen LogP contribution in [0.4, 0.5) is 13.2 Å². The molecule has 0 radical (unpaired) electrons. The summed E-state index contributed by atoms with van der Waals surface area (Å²) < 4.78 is 50.9. The number of ether oxygens (including phenoxy) is 2. The van der Waals surface area contributed by atoms with Crippen LogP contribution >= 0.6 is 11.6 Å². The third-order valence-electron chi connectivity index (χ3n) is 5.50. The molecule has 160 valence electrons.